The summed E-state index contributed by atoms with van der Waals surface area (Å²) in [6, 6.07) is 16.2. The molecule has 3 aromatic rings. The second-order valence-electron chi connectivity index (χ2n) is 5.89. The van der Waals surface area contributed by atoms with Gasteiger partial charge in [0.1, 0.15) is 17.9 Å². The van der Waals surface area contributed by atoms with Crippen LogP contribution < -0.4 is 10.1 Å². The number of para-hydroxylation sites is 1. The van der Waals surface area contributed by atoms with Crippen LogP contribution in [0.3, 0.4) is 0 Å². The van der Waals surface area contributed by atoms with Crippen LogP contribution in [-0.4, -0.2) is 23.1 Å². The lowest BCUT2D eigenvalue weighted by Gasteiger charge is -2.09. The lowest BCUT2D eigenvalue weighted by molar-refractivity contribution is 0.306. The van der Waals surface area contributed by atoms with E-state index in [1.54, 1.807) is 6.33 Å². The highest BCUT2D eigenvalue weighted by molar-refractivity contribution is 5.88. The number of anilines is 1. The number of hydrogen-bond acceptors (Lipinski definition) is 4. The fraction of sp³-hybridized carbons (Fsp3) is 0.300. The number of aryl methyl sites for hydroxylation is 1. The number of nitrogens with one attached hydrogen (secondary N) is 1. The first-order valence-corrected chi connectivity index (χ1v) is 8.46. The second-order valence-corrected chi connectivity index (χ2v) is 5.89. The number of hydrogen-bond donors (Lipinski definition) is 1. The summed E-state index contributed by atoms with van der Waals surface area (Å²) >= 11 is 0. The Morgan fingerprint density at radius 2 is 1.88 bits per heavy atom. The van der Waals surface area contributed by atoms with Crippen LogP contribution in [0.25, 0.3) is 10.9 Å². The van der Waals surface area contributed by atoms with Gasteiger partial charge in [0.15, 0.2) is 0 Å². The quantitative estimate of drug-likeness (QED) is 0.616. The maximum atomic E-state index is 5.77. The molecule has 0 saturated heterocycles. The predicted molar refractivity (Wildman–Crippen MR) is 98.6 cm³/mol. The maximum absolute atomic E-state index is 5.77. The topological polar surface area (TPSA) is 47.0 Å². The van der Waals surface area contributed by atoms with Crippen LogP contribution in [0.1, 0.15) is 24.8 Å². The summed E-state index contributed by atoms with van der Waals surface area (Å²) in [5, 5.41) is 4.48. The van der Waals surface area contributed by atoms with Gasteiger partial charge in [0.05, 0.1) is 12.1 Å². The Labute approximate surface area is 142 Å². The highest BCUT2D eigenvalue weighted by Crippen LogP contribution is 2.18. The minimum Gasteiger partial charge on any atom is -0.494 e. The number of nitrogens with zero attached hydrogens (tertiary/aromatic N) is 2. The summed E-state index contributed by atoms with van der Waals surface area (Å²) in [5.74, 6) is 1.87. The van der Waals surface area contributed by atoms with Crippen molar-refractivity contribution >= 4 is 16.7 Å². The third-order valence-electron chi connectivity index (χ3n) is 3.91. The van der Waals surface area contributed by atoms with Gasteiger partial charge in [0, 0.05) is 11.9 Å². The number of aromatic nitrogens is 2. The number of rotatable bonds is 8. The monoisotopic (exact) mass is 321 g/mol. The van der Waals surface area contributed by atoms with Crippen LogP contribution in [0, 0.1) is 6.92 Å². The molecule has 3 rings (SSSR count). The van der Waals surface area contributed by atoms with E-state index < -0.39 is 0 Å². The molecule has 0 atom stereocenters. The van der Waals surface area contributed by atoms with E-state index in [1.807, 2.05) is 36.4 Å². The van der Waals surface area contributed by atoms with Crippen molar-refractivity contribution in [3.63, 3.8) is 0 Å². The molecular formula is C20H23N3O. The van der Waals surface area contributed by atoms with Crippen molar-refractivity contribution in [2.45, 2.75) is 26.2 Å². The summed E-state index contributed by atoms with van der Waals surface area (Å²) < 4.78 is 5.77. The molecule has 4 nitrogen and oxygen atoms in total. The molecule has 2 aromatic carbocycles. The molecule has 24 heavy (non-hydrogen) atoms. The Kier molecular flexibility index (Phi) is 5.61. The fourth-order valence-electron chi connectivity index (χ4n) is 2.65. The molecule has 1 heterocycles. The van der Waals surface area contributed by atoms with Gasteiger partial charge in [-0.05, 0) is 56.0 Å². The molecule has 4 heteroatoms. The summed E-state index contributed by atoms with van der Waals surface area (Å²) in [5.41, 5.74) is 2.20. The molecule has 0 amide bonds. The van der Waals surface area contributed by atoms with Crippen LogP contribution in [0.5, 0.6) is 5.75 Å². The summed E-state index contributed by atoms with van der Waals surface area (Å²) in [6.45, 7) is 3.75. The van der Waals surface area contributed by atoms with Crippen molar-refractivity contribution < 1.29 is 4.74 Å². The summed E-state index contributed by atoms with van der Waals surface area (Å²) in [7, 11) is 0. The first-order chi connectivity index (χ1) is 11.8. The molecular weight excluding hydrogens is 298 g/mol. The summed E-state index contributed by atoms with van der Waals surface area (Å²) in [6.07, 6.45) is 4.89. The number of ether oxygens (including phenoxy) is 1. The zero-order valence-corrected chi connectivity index (χ0v) is 14.0. The molecule has 0 aliphatic heterocycles. The zero-order chi connectivity index (χ0) is 16.6. The number of benzene rings is 2. The highest BCUT2D eigenvalue weighted by Gasteiger charge is 2.01. The van der Waals surface area contributed by atoms with E-state index in [4.69, 9.17) is 4.74 Å². The second kappa shape index (κ2) is 8.29. The number of unbranched alkanes of at least 4 members (excludes halogenated alkanes) is 2. The van der Waals surface area contributed by atoms with Crippen LogP contribution in [-0.2, 0) is 0 Å². The van der Waals surface area contributed by atoms with Crippen molar-refractivity contribution in [1.29, 1.82) is 0 Å². The third kappa shape index (κ3) is 4.44. The van der Waals surface area contributed by atoms with Gasteiger partial charge in [-0.25, -0.2) is 9.97 Å². The van der Waals surface area contributed by atoms with Gasteiger partial charge in [-0.2, -0.15) is 0 Å². The first-order valence-electron chi connectivity index (χ1n) is 8.46. The van der Waals surface area contributed by atoms with E-state index in [9.17, 15) is 0 Å². The van der Waals surface area contributed by atoms with Crippen LogP contribution >= 0.6 is 0 Å². The highest BCUT2D eigenvalue weighted by atomic mass is 16.5. The predicted octanol–water partition coefficient (Wildman–Crippen LogP) is 4.60. The van der Waals surface area contributed by atoms with Crippen LogP contribution in [0.4, 0.5) is 5.82 Å². The van der Waals surface area contributed by atoms with E-state index in [1.165, 1.54) is 5.56 Å². The molecule has 0 aliphatic carbocycles. The average Bonchev–Trinajstić information content (AvgIpc) is 2.61. The normalized spacial score (nSPS) is 10.7. The Balaban J connectivity index is 1.36. The van der Waals surface area contributed by atoms with Crippen LogP contribution in [0.2, 0.25) is 0 Å². The lowest BCUT2D eigenvalue weighted by Crippen LogP contribution is -2.05. The van der Waals surface area contributed by atoms with E-state index in [0.29, 0.717) is 0 Å². The van der Waals surface area contributed by atoms with Gasteiger partial charge in [-0.15, -0.1) is 0 Å². The van der Waals surface area contributed by atoms with Gasteiger partial charge in [-0.3, -0.25) is 0 Å². The van der Waals surface area contributed by atoms with Gasteiger partial charge in [0.2, 0.25) is 0 Å². The van der Waals surface area contributed by atoms with Gasteiger partial charge >= 0.3 is 0 Å². The zero-order valence-electron chi connectivity index (χ0n) is 14.0. The Morgan fingerprint density at radius 3 is 2.79 bits per heavy atom. The first kappa shape index (κ1) is 16.2. The summed E-state index contributed by atoms with van der Waals surface area (Å²) in [4.78, 5) is 8.62. The molecule has 1 aromatic heterocycles. The fourth-order valence-corrected chi connectivity index (χ4v) is 2.65. The van der Waals surface area contributed by atoms with E-state index in [-0.39, 0.29) is 0 Å². The Bertz CT molecular complexity index is 783. The minimum atomic E-state index is 0.764. The molecule has 0 radical (unpaired) electrons. The molecule has 124 valence electrons. The standard InChI is InChI=1S/C20H23N3O/c1-16-8-7-9-17(14-16)24-13-6-2-5-12-21-20-18-10-3-4-11-19(18)22-15-23-20/h3-4,7-11,14-15H,2,5-6,12-13H2,1H3,(H,21,22,23). The van der Waals surface area contributed by atoms with E-state index in [2.05, 4.69) is 34.3 Å². The van der Waals surface area contributed by atoms with Gasteiger partial charge in [0.25, 0.3) is 0 Å². The third-order valence-corrected chi connectivity index (χ3v) is 3.91. The lowest BCUT2D eigenvalue weighted by atomic mass is 10.2. The SMILES string of the molecule is Cc1cccc(OCCCCCNc2ncnc3ccccc23)c1. The average molecular weight is 321 g/mol. The molecule has 0 spiro atoms. The van der Waals surface area contributed by atoms with Gasteiger partial charge in [-0.1, -0.05) is 24.3 Å². The minimum absolute atomic E-state index is 0.764. The Hall–Kier alpha value is -2.62. The molecule has 0 unspecified atom stereocenters. The van der Waals surface area contributed by atoms with E-state index >= 15 is 0 Å². The molecule has 0 bridgehead atoms. The van der Waals surface area contributed by atoms with Crippen molar-refractivity contribution in [2.24, 2.45) is 0 Å². The van der Waals surface area contributed by atoms with Gasteiger partial charge < -0.3 is 10.1 Å². The Morgan fingerprint density at radius 1 is 0.958 bits per heavy atom. The van der Waals surface area contributed by atoms with Crippen molar-refractivity contribution in [3.05, 3.63) is 60.4 Å². The number of fused-ring (bicyclic) bond motifs is 1. The van der Waals surface area contributed by atoms with Crippen molar-refractivity contribution in [3.8, 4) is 5.75 Å². The smallest absolute Gasteiger partial charge is 0.137 e. The molecule has 0 aliphatic rings. The largest absolute Gasteiger partial charge is 0.494 e. The molecule has 0 fully saturated rings. The van der Waals surface area contributed by atoms with E-state index in [0.717, 1.165) is 54.9 Å². The van der Waals surface area contributed by atoms with Crippen LogP contribution in [0.15, 0.2) is 54.9 Å². The van der Waals surface area contributed by atoms with Crippen molar-refractivity contribution in [2.75, 3.05) is 18.5 Å². The maximum Gasteiger partial charge on any atom is 0.137 e. The molecule has 0 saturated carbocycles. The van der Waals surface area contributed by atoms with Crippen molar-refractivity contribution in [1.82, 2.24) is 9.97 Å². The molecule has 1 N–H and O–H groups in total.